The molecule has 5 heteroatoms. The first-order valence-electron chi connectivity index (χ1n) is 7.21. The van der Waals surface area contributed by atoms with Gasteiger partial charge in [0.2, 0.25) is 0 Å². The first-order chi connectivity index (χ1) is 9.76. The molecule has 0 saturated carbocycles. The van der Waals surface area contributed by atoms with Gasteiger partial charge in [-0.3, -0.25) is 9.69 Å². The predicted octanol–water partition coefficient (Wildman–Crippen LogP) is 1.21. The van der Waals surface area contributed by atoms with E-state index in [9.17, 15) is 4.79 Å². The van der Waals surface area contributed by atoms with Crippen LogP contribution >= 0.6 is 0 Å². The SMILES string of the molecule is CCc1nc2ccc(C(=O)CN3CCNCC3)cc2[nH]1. The normalized spacial score (nSPS) is 16.6. The average molecular weight is 272 g/mol. The number of nitrogens with one attached hydrogen (secondary N) is 2. The number of H-pyrrole nitrogens is 1. The molecule has 1 saturated heterocycles. The Labute approximate surface area is 118 Å². The molecule has 0 spiro atoms. The Morgan fingerprint density at radius 2 is 2.15 bits per heavy atom. The third-order valence-electron chi connectivity index (χ3n) is 3.76. The van der Waals surface area contributed by atoms with Crippen molar-refractivity contribution in [1.82, 2.24) is 20.2 Å². The van der Waals surface area contributed by atoms with Crippen molar-refractivity contribution in [3.63, 3.8) is 0 Å². The van der Waals surface area contributed by atoms with Crippen LogP contribution in [0.2, 0.25) is 0 Å². The van der Waals surface area contributed by atoms with Gasteiger partial charge in [0.15, 0.2) is 5.78 Å². The number of imidazole rings is 1. The summed E-state index contributed by atoms with van der Waals surface area (Å²) in [7, 11) is 0. The topological polar surface area (TPSA) is 61.0 Å². The highest BCUT2D eigenvalue weighted by Crippen LogP contribution is 2.15. The summed E-state index contributed by atoms with van der Waals surface area (Å²) in [5.41, 5.74) is 2.65. The second-order valence-corrected chi connectivity index (χ2v) is 5.22. The average Bonchev–Trinajstić information content (AvgIpc) is 2.90. The summed E-state index contributed by atoms with van der Waals surface area (Å²) in [5, 5.41) is 3.29. The van der Waals surface area contributed by atoms with E-state index < -0.39 is 0 Å². The molecule has 3 rings (SSSR count). The fourth-order valence-electron chi connectivity index (χ4n) is 2.57. The molecule has 2 aromatic rings. The number of ketones is 1. The number of fused-ring (bicyclic) bond motifs is 1. The number of aryl methyl sites for hydroxylation is 1. The molecule has 1 aromatic heterocycles. The Bertz CT molecular complexity index is 613. The van der Waals surface area contributed by atoms with E-state index in [1.165, 1.54) is 0 Å². The molecule has 0 amide bonds. The maximum atomic E-state index is 12.3. The lowest BCUT2D eigenvalue weighted by Gasteiger charge is -2.26. The van der Waals surface area contributed by atoms with Gasteiger partial charge in [0.05, 0.1) is 17.6 Å². The molecule has 0 bridgehead atoms. The summed E-state index contributed by atoms with van der Waals surface area (Å²) in [4.78, 5) is 22.3. The second kappa shape index (κ2) is 5.73. The number of benzene rings is 1. The van der Waals surface area contributed by atoms with Gasteiger partial charge < -0.3 is 10.3 Å². The van der Waals surface area contributed by atoms with Gasteiger partial charge in [-0.2, -0.15) is 0 Å². The molecule has 0 radical (unpaired) electrons. The number of aromatic nitrogens is 2. The summed E-state index contributed by atoms with van der Waals surface area (Å²) in [6.45, 7) is 6.38. The third-order valence-corrected chi connectivity index (χ3v) is 3.76. The largest absolute Gasteiger partial charge is 0.342 e. The molecule has 20 heavy (non-hydrogen) atoms. The highest BCUT2D eigenvalue weighted by Gasteiger charge is 2.15. The summed E-state index contributed by atoms with van der Waals surface area (Å²) >= 11 is 0. The molecule has 0 unspecified atom stereocenters. The van der Waals surface area contributed by atoms with Gasteiger partial charge in [-0.25, -0.2) is 4.98 Å². The smallest absolute Gasteiger partial charge is 0.176 e. The Kier molecular flexibility index (Phi) is 3.80. The Morgan fingerprint density at radius 3 is 2.90 bits per heavy atom. The number of hydrogen-bond donors (Lipinski definition) is 2. The number of aromatic amines is 1. The van der Waals surface area contributed by atoms with Crippen LogP contribution in [0.5, 0.6) is 0 Å². The maximum absolute atomic E-state index is 12.3. The number of carbonyl (C=O) groups is 1. The highest BCUT2D eigenvalue weighted by molar-refractivity contribution is 6.00. The molecule has 0 aliphatic carbocycles. The molecule has 5 nitrogen and oxygen atoms in total. The van der Waals surface area contributed by atoms with Crippen molar-refractivity contribution in [2.75, 3.05) is 32.7 Å². The van der Waals surface area contributed by atoms with E-state index >= 15 is 0 Å². The molecule has 2 heterocycles. The molecular formula is C15H20N4O. The zero-order valence-corrected chi connectivity index (χ0v) is 11.8. The van der Waals surface area contributed by atoms with Gasteiger partial charge in [-0.15, -0.1) is 0 Å². The third kappa shape index (κ3) is 2.73. The Morgan fingerprint density at radius 1 is 1.35 bits per heavy atom. The molecular weight excluding hydrogens is 252 g/mol. The number of nitrogens with zero attached hydrogens (tertiary/aromatic N) is 2. The molecule has 106 valence electrons. The summed E-state index contributed by atoms with van der Waals surface area (Å²) in [6, 6.07) is 5.73. The minimum Gasteiger partial charge on any atom is -0.342 e. The standard InChI is InChI=1S/C15H20N4O/c1-2-15-17-12-4-3-11(9-13(12)18-15)14(20)10-19-7-5-16-6-8-19/h3-4,9,16H,2,5-8,10H2,1H3,(H,17,18). The van der Waals surface area contributed by atoms with Crippen molar-refractivity contribution in [2.45, 2.75) is 13.3 Å². The number of hydrogen-bond acceptors (Lipinski definition) is 4. The zero-order chi connectivity index (χ0) is 13.9. The predicted molar refractivity (Wildman–Crippen MR) is 79.1 cm³/mol. The van der Waals surface area contributed by atoms with Gasteiger partial charge in [0.25, 0.3) is 0 Å². The van der Waals surface area contributed by atoms with E-state index in [2.05, 4.69) is 27.1 Å². The number of piperazine rings is 1. The second-order valence-electron chi connectivity index (χ2n) is 5.22. The monoisotopic (exact) mass is 272 g/mol. The van der Waals surface area contributed by atoms with Crippen LogP contribution in [0.25, 0.3) is 11.0 Å². The minimum atomic E-state index is 0.182. The van der Waals surface area contributed by atoms with Crippen LogP contribution < -0.4 is 5.32 Å². The molecule has 1 aliphatic heterocycles. The van der Waals surface area contributed by atoms with E-state index in [1.54, 1.807) is 0 Å². The van der Waals surface area contributed by atoms with Crippen molar-refractivity contribution in [3.8, 4) is 0 Å². The molecule has 1 aromatic carbocycles. The quantitative estimate of drug-likeness (QED) is 0.821. The summed E-state index contributed by atoms with van der Waals surface area (Å²) in [6.07, 6.45) is 0.874. The van der Waals surface area contributed by atoms with E-state index in [-0.39, 0.29) is 5.78 Å². The summed E-state index contributed by atoms with van der Waals surface area (Å²) < 4.78 is 0. The van der Waals surface area contributed by atoms with Crippen LogP contribution in [-0.4, -0.2) is 53.4 Å². The van der Waals surface area contributed by atoms with Crippen LogP contribution in [-0.2, 0) is 6.42 Å². The number of Topliss-reactive ketones (excluding diaryl/α,β-unsaturated/α-hetero) is 1. The number of rotatable bonds is 4. The van der Waals surface area contributed by atoms with Crippen LogP contribution in [0, 0.1) is 0 Å². The molecule has 1 fully saturated rings. The molecule has 0 atom stereocenters. The van der Waals surface area contributed by atoms with Crippen LogP contribution in [0.3, 0.4) is 0 Å². The fourth-order valence-corrected chi connectivity index (χ4v) is 2.57. The minimum absolute atomic E-state index is 0.182. The van der Waals surface area contributed by atoms with E-state index in [1.807, 2.05) is 18.2 Å². The zero-order valence-electron chi connectivity index (χ0n) is 11.8. The van der Waals surface area contributed by atoms with Crippen LogP contribution in [0.4, 0.5) is 0 Å². The van der Waals surface area contributed by atoms with E-state index in [0.717, 1.165) is 55.0 Å². The van der Waals surface area contributed by atoms with Crippen LogP contribution in [0.1, 0.15) is 23.1 Å². The van der Waals surface area contributed by atoms with Gasteiger partial charge in [-0.05, 0) is 18.2 Å². The molecule has 1 aliphatic rings. The van der Waals surface area contributed by atoms with Gasteiger partial charge in [-0.1, -0.05) is 6.92 Å². The maximum Gasteiger partial charge on any atom is 0.176 e. The van der Waals surface area contributed by atoms with E-state index in [0.29, 0.717) is 6.54 Å². The first-order valence-corrected chi connectivity index (χ1v) is 7.21. The number of carbonyl (C=O) groups excluding carboxylic acids is 1. The lowest BCUT2D eigenvalue weighted by Crippen LogP contribution is -2.45. The van der Waals surface area contributed by atoms with Crippen molar-refractivity contribution in [3.05, 3.63) is 29.6 Å². The van der Waals surface area contributed by atoms with Gasteiger partial charge in [0.1, 0.15) is 5.82 Å². The lowest BCUT2D eigenvalue weighted by atomic mass is 10.1. The first kappa shape index (κ1) is 13.3. The fraction of sp³-hybridized carbons (Fsp3) is 0.467. The molecule has 2 N–H and O–H groups in total. The van der Waals surface area contributed by atoms with Crippen molar-refractivity contribution in [1.29, 1.82) is 0 Å². The Balaban J connectivity index is 1.76. The highest BCUT2D eigenvalue weighted by atomic mass is 16.1. The van der Waals surface area contributed by atoms with Gasteiger partial charge in [0, 0.05) is 38.2 Å². The van der Waals surface area contributed by atoms with Crippen molar-refractivity contribution >= 4 is 16.8 Å². The van der Waals surface area contributed by atoms with E-state index in [4.69, 9.17) is 0 Å². The lowest BCUT2D eigenvalue weighted by molar-refractivity contribution is 0.0921. The van der Waals surface area contributed by atoms with Crippen molar-refractivity contribution < 1.29 is 4.79 Å². The van der Waals surface area contributed by atoms with Crippen molar-refractivity contribution in [2.24, 2.45) is 0 Å². The van der Waals surface area contributed by atoms with Crippen LogP contribution in [0.15, 0.2) is 18.2 Å². The summed E-state index contributed by atoms with van der Waals surface area (Å²) in [5.74, 6) is 1.15. The van der Waals surface area contributed by atoms with Gasteiger partial charge >= 0.3 is 0 Å². The Hall–Kier alpha value is -1.72.